The van der Waals surface area contributed by atoms with Crippen molar-refractivity contribution in [1.29, 1.82) is 0 Å². The van der Waals surface area contributed by atoms with Gasteiger partial charge in [-0.25, -0.2) is 17.9 Å². The summed E-state index contributed by atoms with van der Waals surface area (Å²) in [6, 6.07) is 11.3. The van der Waals surface area contributed by atoms with Crippen LogP contribution >= 0.6 is 11.6 Å². The molecule has 1 saturated carbocycles. The van der Waals surface area contributed by atoms with Crippen molar-refractivity contribution in [3.8, 4) is 5.75 Å². The Morgan fingerprint density at radius 3 is 2.67 bits per heavy atom. The molecule has 2 fully saturated rings. The van der Waals surface area contributed by atoms with Gasteiger partial charge in [0.15, 0.2) is 0 Å². The zero-order valence-corrected chi connectivity index (χ0v) is 31.6. The predicted molar refractivity (Wildman–Crippen MR) is 197 cm³/mol. The normalized spacial score (nSPS) is 29.7. The Morgan fingerprint density at radius 1 is 1.14 bits per heavy atom. The monoisotopic (exact) mass is 739 g/mol. The van der Waals surface area contributed by atoms with Crippen molar-refractivity contribution >= 4 is 39.3 Å². The summed E-state index contributed by atoms with van der Waals surface area (Å²) in [5.41, 5.74) is 1.62. The van der Waals surface area contributed by atoms with Crippen molar-refractivity contribution in [2.45, 2.75) is 80.9 Å². The molecule has 3 aliphatic heterocycles. The average Bonchev–Trinajstić information content (AvgIpc) is 3.20. The molecule has 11 nitrogen and oxygen atoms in total. The third-order valence-electron chi connectivity index (χ3n) is 12.1. The molecule has 3 heterocycles. The number of fused-ring (bicyclic) bond motifs is 4. The van der Waals surface area contributed by atoms with E-state index >= 15 is 0 Å². The number of nitrogens with one attached hydrogen (secondary N) is 2. The van der Waals surface area contributed by atoms with Crippen LogP contribution in [-0.2, 0) is 31.4 Å². The van der Waals surface area contributed by atoms with Crippen LogP contribution in [0.1, 0.15) is 57.6 Å². The van der Waals surface area contributed by atoms with E-state index in [0.29, 0.717) is 62.3 Å². The first-order valence-corrected chi connectivity index (χ1v) is 20.1. The molecule has 2 aliphatic carbocycles. The highest BCUT2D eigenvalue weighted by atomic mass is 35.5. The van der Waals surface area contributed by atoms with E-state index in [1.165, 1.54) is 17.2 Å². The van der Waals surface area contributed by atoms with E-state index < -0.39 is 27.6 Å². The first-order valence-electron chi connectivity index (χ1n) is 18.3. The molecule has 2 aromatic carbocycles. The Hall–Kier alpha value is -3.32. The standard InChI is InChI=1S/C38H50ClN5O6S/c1-5-44-17-7-9-33(50-36(46)42-21-28(22-42)40-4)30-13-10-26(30)20-43-23-38(16-6-8-25-18-27(39)11-14-31(25)38)24-49-34-15-12-29(19-32(34)43)51(47,48)41-35(45)37(44,2)3/h7,9,11-12,14-15,18-19,26,28,30,33,40H,5-6,8,10,13,16-17,20-24H2,1-4H3,(H,41,45)/b9-7-/t26-,30+,33-,38-/m0/s1. The van der Waals surface area contributed by atoms with Gasteiger partial charge in [0, 0.05) is 55.1 Å². The number of nitrogens with zero attached hydrogens (tertiary/aromatic N) is 3. The van der Waals surface area contributed by atoms with Gasteiger partial charge in [-0.05, 0) is 113 Å². The summed E-state index contributed by atoms with van der Waals surface area (Å²) < 4.78 is 43.0. The highest BCUT2D eigenvalue weighted by Crippen LogP contribution is 2.47. The summed E-state index contributed by atoms with van der Waals surface area (Å²) in [6.07, 6.45) is 7.85. The molecule has 1 spiro atoms. The molecule has 13 heteroatoms. The largest absolute Gasteiger partial charge is 0.490 e. The number of carbonyl (C=O) groups is 2. The van der Waals surface area contributed by atoms with Gasteiger partial charge < -0.3 is 24.6 Å². The molecular formula is C38H50ClN5O6S. The van der Waals surface area contributed by atoms with Gasteiger partial charge in [-0.3, -0.25) is 9.69 Å². The Labute approximate surface area is 306 Å². The summed E-state index contributed by atoms with van der Waals surface area (Å²) in [7, 11) is -2.32. The number of hydrogen-bond donors (Lipinski definition) is 2. The molecule has 276 valence electrons. The molecule has 0 aromatic heterocycles. The topological polar surface area (TPSA) is 121 Å². The fraction of sp³-hybridized carbons (Fsp3) is 0.579. The molecule has 2 bridgehead atoms. The Bertz CT molecular complexity index is 1810. The highest BCUT2D eigenvalue weighted by molar-refractivity contribution is 7.90. The lowest BCUT2D eigenvalue weighted by atomic mass is 9.68. The predicted octanol–water partition coefficient (Wildman–Crippen LogP) is 4.72. The van der Waals surface area contributed by atoms with Crippen LogP contribution in [-0.4, -0.2) is 101 Å². The maximum absolute atomic E-state index is 13.9. The molecule has 0 radical (unpaired) electrons. The molecule has 2 aromatic rings. The lowest BCUT2D eigenvalue weighted by Gasteiger charge is -2.46. The molecule has 2 N–H and O–H groups in total. The van der Waals surface area contributed by atoms with E-state index in [2.05, 4.69) is 27.1 Å². The lowest BCUT2D eigenvalue weighted by molar-refractivity contribution is -0.129. The summed E-state index contributed by atoms with van der Waals surface area (Å²) in [5.74, 6) is 0.228. The van der Waals surface area contributed by atoms with E-state index in [0.717, 1.165) is 32.1 Å². The maximum atomic E-state index is 13.9. The van der Waals surface area contributed by atoms with Crippen LogP contribution in [0, 0.1) is 11.8 Å². The number of rotatable bonds is 3. The van der Waals surface area contributed by atoms with E-state index in [4.69, 9.17) is 21.1 Å². The number of amides is 2. The van der Waals surface area contributed by atoms with Gasteiger partial charge in [-0.2, -0.15) is 0 Å². The maximum Gasteiger partial charge on any atom is 0.410 e. The fourth-order valence-corrected chi connectivity index (χ4v) is 9.91. The van der Waals surface area contributed by atoms with Crippen molar-refractivity contribution in [3.05, 3.63) is 64.7 Å². The van der Waals surface area contributed by atoms with Crippen LogP contribution in [0.5, 0.6) is 5.75 Å². The number of anilines is 1. The van der Waals surface area contributed by atoms with Crippen LogP contribution in [0.4, 0.5) is 10.5 Å². The number of sulfonamides is 1. The van der Waals surface area contributed by atoms with Gasteiger partial charge in [0.25, 0.3) is 15.9 Å². The number of halogens is 1. The number of benzene rings is 2. The van der Waals surface area contributed by atoms with Crippen molar-refractivity contribution in [2.24, 2.45) is 11.8 Å². The molecule has 2 amide bonds. The van der Waals surface area contributed by atoms with E-state index in [1.807, 2.05) is 37.1 Å². The number of aryl methyl sites for hydroxylation is 1. The number of likely N-dealkylation sites (tertiary alicyclic amines) is 1. The van der Waals surface area contributed by atoms with Crippen LogP contribution in [0.25, 0.3) is 0 Å². The second kappa shape index (κ2) is 13.9. The van der Waals surface area contributed by atoms with E-state index in [1.54, 1.807) is 30.9 Å². The van der Waals surface area contributed by atoms with Crippen molar-refractivity contribution < 1.29 is 27.5 Å². The molecular weight excluding hydrogens is 690 g/mol. The van der Waals surface area contributed by atoms with Crippen molar-refractivity contribution in [2.75, 3.05) is 57.8 Å². The highest BCUT2D eigenvalue weighted by Gasteiger charge is 2.46. The van der Waals surface area contributed by atoms with Gasteiger partial charge in [0.2, 0.25) is 0 Å². The van der Waals surface area contributed by atoms with Gasteiger partial charge in [-0.1, -0.05) is 30.7 Å². The van der Waals surface area contributed by atoms with Crippen LogP contribution in [0.3, 0.4) is 0 Å². The van der Waals surface area contributed by atoms with Crippen molar-refractivity contribution in [3.63, 3.8) is 0 Å². The number of ether oxygens (including phenoxy) is 2. The Morgan fingerprint density at radius 2 is 1.94 bits per heavy atom. The molecule has 0 unspecified atom stereocenters. The second-order valence-electron chi connectivity index (χ2n) is 15.4. The fourth-order valence-electron chi connectivity index (χ4n) is 8.59. The number of carbonyl (C=O) groups excluding carboxylic acids is 2. The van der Waals surface area contributed by atoms with E-state index in [9.17, 15) is 18.0 Å². The molecule has 5 aliphatic rings. The first kappa shape index (κ1) is 36.1. The van der Waals surface area contributed by atoms with Gasteiger partial charge >= 0.3 is 6.09 Å². The van der Waals surface area contributed by atoms with Crippen LogP contribution < -0.4 is 19.7 Å². The quantitative estimate of drug-likeness (QED) is 0.431. The Balaban J connectivity index is 1.29. The van der Waals surface area contributed by atoms with Crippen molar-refractivity contribution in [1.82, 2.24) is 19.8 Å². The Kier molecular flexibility index (Phi) is 9.83. The molecule has 4 atom stereocenters. The van der Waals surface area contributed by atoms with Gasteiger partial charge in [0.1, 0.15) is 11.9 Å². The van der Waals surface area contributed by atoms with Crippen LogP contribution in [0.15, 0.2) is 53.4 Å². The molecule has 51 heavy (non-hydrogen) atoms. The van der Waals surface area contributed by atoms with Gasteiger partial charge in [0.05, 0.1) is 22.7 Å². The minimum absolute atomic E-state index is 0.00667. The van der Waals surface area contributed by atoms with Gasteiger partial charge in [-0.15, -0.1) is 0 Å². The third-order valence-corrected chi connectivity index (χ3v) is 13.6. The summed E-state index contributed by atoms with van der Waals surface area (Å²) in [6.45, 7) is 9.16. The zero-order valence-electron chi connectivity index (χ0n) is 30.0. The minimum atomic E-state index is -4.21. The number of hydrogen-bond acceptors (Lipinski definition) is 9. The smallest absolute Gasteiger partial charge is 0.410 e. The summed E-state index contributed by atoms with van der Waals surface area (Å²) in [5, 5.41) is 3.92. The summed E-state index contributed by atoms with van der Waals surface area (Å²) >= 11 is 6.45. The molecule has 7 rings (SSSR count). The van der Waals surface area contributed by atoms with E-state index in [-0.39, 0.29) is 34.3 Å². The minimum Gasteiger partial charge on any atom is -0.490 e. The third kappa shape index (κ3) is 6.84. The zero-order chi connectivity index (χ0) is 36.1. The SMILES string of the molecule is CCN1C/C=C\[C@H](OC(=O)N2CC(NC)C2)[C@@H]2CC[C@H]2CN2C[C@@]3(CCCc4cc(Cl)ccc43)COc3ccc(cc32)S(=O)(=O)NC(=O)C1(C)C. The lowest BCUT2D eigenvalue weighted by Crippen LogP contribution is -2.59. The average molecular weight is 740 g/mol. The molecule has 1 saturated heterocycles. The first-order chi connectivity index (χ1) is 24.3. The van der Waals surface area contributed by atoms with Crippen LogP contribution in [0.2, 0.25) is 5.02 Å². The second-order valence-corrected chi connectivity index (χ2v) is 17.6. The summed E-state index contributed by atoms with van der Waals surface area (Å²) in [4.78, 5) is 33.0. The number of likely N-dealkylation sites (N-methyl/N-ethyl adjacent to an activating group) is 2.